The maximum Gasteiger partial charge on any atom is 0.260 e. The summed E-state index contributed by atoms with van der Waals surface area (Å²) in [5.74, 6) is 0.659. The van der Waals surface area contributed by atoms with Crippen LogP contribution in [-0.4, -0.2) is 40.3 Å². The number of thioether (sulfide) groups is 1. The summed E-state index contributed by atoms with van der Waals surface area (Å²) < 4.78 is 13.1. The third kappa shape index (κ3) is 3.56. The Labute approximate surface area is 159 Å². The fourth-order valence-electron chi connectivity index (χ4n) is 3.48. The predicted octanol–water partition coefficient (Wildman–Crippen LogP) is 4.37. The Balaban J connectivity index is 1.54. The summed E-state index contributed by atoms with van der Waals surface area (Å²) in [6.07, 6.45) is 3.63. The van der Waals surface area contributed by atoms with Crippen molar-refractivity contribution in [2.45, 2.75) is 30.5 Å². The number of hydrogen-bond acceptors (Lipinski definition) is 5. The second-order valence-corrected chi connectivity index (χ2v) is 8.56. The summed E-state index contributed by atoms with van der Waals surface area (Å²) in [6, 6.07) is 6.84. The Morgan fingerprint density at radius 2 is 2.19 bits per heavy atom. The van der Waals surface area contributed by atoms with Gasteiger partial charge in [-0.15, -0.1) is 11.3 Å². The molecule has 1 atom stereocenters. The number of likely N-dealkylation sites (tertiary alicyclic amines) is 1. The number of fused-ring (bicyclic) bond motifs is 1. The predicted molar refractivity (Wildman–Crippen MR) is 107 cm³/mol. The van der Waals surface area contributed by atoms with Crippen molar-refractivity contribution in [3.8, 4) is 11.1 Å². The zero-order chi connectivity index (χ0) is 18.1. The smallest absolute Gasteiger partial charge is 0.260 e. The highest BCUT2D eigenvalue weighted by molar-refractivity contribution is 7.99. The van der Waals surface area contributed by atoms with Crippen molar-refractivity contribution in [2.24, 2.45) is 0 Å². The molecule has 1 unspecified atom stereocenters. The second kappa shape index (κ2) is 7.50. The van der Waals surface area contributed by atoms with E-state index in [1.165, 1.54) is 42.9 Å². The minimum Gasteiger partial charge on any atom is -0.303 e. The van der Waals surface area contributed by atoms with E-state index >= 15 is 0 Å². The zero-order valence-electron chi connectivity index (χ0n) is 14.5. The van der Waals surface area contributed by atoms with Gasteiger partial charge in [0.05, 0.1) is 5.39 Å². The molecule has 0 bridgehead atoms. The van der Waals surface area contributed by atoms with Gasteiger partial charge in [-0.2, -0.15) is 0 Å². The molecule has 26 heavy (non-hydrogen) atoms. The fraction of sp³-hybridized carbons (Fsp3) is 0.368. The molecule has 4 nitrogen and oxygen atoms in total. The molecule has 0 aliphatic carbocycles. The van der Waals surface area contributed by atoms with Crippen molar-refractivity contribution in [3.05, 3.63) is 45.8 Å². The number of rotatable bonds is 5. The lowest BCUT2D eigenvalue weighted by Gasteiger charge is -2.18. The average molecular weight is 390 g/mol. The van der Waals surface area contributed by atoms with Crippen LogP contribution in [0.4, 0.5) is 4.39 Å². The lowest BCUT2D eigenvalue weighted by atomic mass is 10.1. The Morgan fingerprint density at radius 3 is 2.92 bits per heavy atom. The van der Waals surface area contributed by atoms with Crippen LogP contribution in [0.15, 0.2) is 39.6 Å². The topological polar surface area (TPSA) is 49.0 Å². The van der Waals surface area contributed by atoms with Crippen molar-refractivity contribution in [2.75, 3.05) is 19.3 Å². The van der Waals surface area contributed by atoms with Gasteiger partial charge in [-0.25, -0.2) is 9.37 Å². The Hall–Kier alpha value is -1.70. The fourth-order valence-corrected chi connectivity index (χ4v) is 5.38. The van der Waals surface area contributed by atoms with E-state index in [9.17, 15) is 9.18 Å². The van der Waals surface area contributed by atoms with Crippen LogP contribution in [-0.2, 0) is 0 Å². The van der Waals surface area contributed by atoms with Gasteiger partial charge in [-0.3, -0.25) is 4.79 Å². The third-order valence-corrected chi connectivity index (χ3v) is 6.72. The molecule has 0 radical (unpaired) electrons. The molecular formula is C19H20FN3OS2. The van der Waals surface area contributed by atoms with Crippen LogP contribution in [0.2, 0.25) is 0 Å². The summed E-state index contributed by atoms with van der Waals surface area (Å²) in [6.45, 7) is 1.18. The van der Waals surface area contributed by atoms with Gasteiger partial charge in [-0.05, 0) is 50.6 Å². The van der Waals surface area contributed by atoms with Gasteiger partial charge in [0.2, 0.25) is 0 Å². The maximum absolute atomic E-state index is 13.1. The first-order chi connectivity index (χ1) is 12.6. The summed E-state index contributed by atoms with van der Waals surface area (Å²) in [7, 11) is 2.18. The first-order valence-corrected chi connectivity index (χ1v) is 10.6. The average Bonchev–Trinajstić information content (AvgIpc) is 3.23. The number of nitrogens with one attached hydrogen (secondary N) is 1. The first-order valence-electron chi connectivity index (χ1n) is 8.72. The number of benzene rings is 1. The molecule has 1 fully saturated rings. The largest absolute Gasteiger partial charge is 0.303 e. The van der Waals surface area contributed by atoms with Crippen LogP contribution in [0.5, 0.6) is 0 Å². The summed E-state index contributed by atoms with van der Waals surface area (Å²) in [5, 5.41) is 3.18. The molecule has 3 aromatic rings. The standard InChI is InChI=1S/C19H20FN3OS2/c1-23-9-2-3-14(23)8-10-25-19-21-17(24)16-15(11-26-18(16)22-19)12-4-6-13(20)7-5-12/h4-7,11,14H,2-3,8-10H2,1H3,(H,21,22,24). The molecule has 0 saturated carbocycles. The van der Waals surface area contributed by atoms with Gasteiger partial charge in [0.1, 0.15) is 10.6 Å². The van der Waals surface area contributed by atoms with Crippen molar-refractivity contribution >= 4 is 33.3 Å². The van der Waals surface area contributed by atoms with Crippen LogP contribution in [0.3, 0.4) is 0 Å². The Bertz CT molecular complexity index is 967. The van der Waals surface area contributed by atoms with Crippen LogP contribution in [0.25, 0.3) is 21.3 Å². The van der Waals surface area contributed by atoms with Crippen molar-refractivity contribution < 1.29 is 4.39 Å². The highest BCUT2D eigenvalue weighted by Gasteiger charge is 2.20. The number of halogens is 1. The number of thiophene rings is 1. The van der Waals surface area contributed by atoms with Crippen molar-refractivity contribution in [1.29, 1.82) is 0 Å². The summed E-state index contributed by atoms with van der Waals surface area (Å²) >= 11 is 3.06. The highest BCUT2D eigenvalue weighted by Crippen LogP contribution is 2.32. The van der Waals surface area contributed by atoms with E-state index in [1.807, 2.05) is 5.38 Å². The van der Waals surface area contributed by atoms with E-state index in [-0.39, 0.29) is 11.4 Å². The van der Waals surface area contributed by atoms with E-state index in [2.05, 4.69) is 21.9 Å². The number of nitrogens with zero attached hydrogens (tertiary/aromatic N) is 2. The van der Waals surface area contributed by atoms with E-state index in [0.29, 0.717) is 16.6 Å². The van der Waals surface area contributed by atoms with Gasteiger partial charge < -0.3 is 9.88 Å². The third-order valence-electron chi connectivity index (χ3n) is 4.94. The molecule has 0 spiro atoms. The molecule has 3 heterocycles. The molecule has 0 amide bonds. The number of aromatic amines is 1. The highest BCUT2D eigenvalue weighted by atomic mass is 32.2. The molecule has 136 valence electrons. The number of aromatic nitrogens is 2. The molecule has 7 heteroatoms. The second-order valence-electron chi connectivity index (χ2n) is 6.62. The molecule has 1 saturated heterocycles. The van der Waals surface area contributed by atoms with Gasteiger partial charge in [0, 0.05) is 22.7 Å². The number of hydrogen-bond donors (Lipinski definition) is 1. The van der Waals surface area contributed by atoms with Crippen LogP contribution < -0.4 is 5.56 Å². The molecule has 1 aliphatic rings. The molecule has 1 N–H and O–H groups in total. The van der Waals surface area contributed by atoms with E-state index in [0.717, 1.165) is 28.1 Å². The zero-order valence-corrected chi connectivity index (χ0v) is 16.1. The first kappa shape index (κ1) is 17.7. The number of H-pyrrole nitrogens is 1. The van der Waals surface area contributed by atoms with Gasteiger partial charge >= 0.3 is 0 Å². The van der Waals surface area contributed by atoms with Gasteiger partial charge in [-0.1, -0.05) is 23.9 Å². The molecule has 4 rings (SSSR count). The van der Waals surface area contributed by atoms with Crippen LogP contribution >= 0.6 is 23.1 Å². The van der Waals surface area contributed by atoms with Crippen LogP contribution in [0, 0.1) is 5.82 Å². The molecule has 1 aliphatic heterocycles. The van der Waals surface area contributed by atoms with E-state index in [1.54, 1.807) is 23.9 Å². The Kier molecular flexibility index (Phi) is 5.11. The Morgan fingerprint density at radius 1 is 1.38 bits per heavy atom. The molecule has 2 aromatic heterocycles. The minimum absolute atomic E-state index is 0.129. The monoisotopic (exact) mass is 389 g/mol. The minimum atomic E-state index is -0.285. The van der Waals surface area contributed by atoms with Crippen molar-refractivity contribution in [1.82, 2.24) is 14.9 Å². The van der Waals surface area contributed by atoms with Crippen molar-refractivity contribution in [3.63, 3.8) is 0 Å². The SMILES string of the molecule is CN1CCCC1CCSc1nc2scc(-c3ccc(F)cc3)c2c(=O)[nH]1. The molecule has 1 aromatic carbocycles. The molecular weight excluding hydrogens is 369 g/mol. The van der Waals surface area contributed by atoms with Gasteiger partial charge in [0.15, 0.2) is 5.16 Å². The van der Waals surface area contributed by atoms with Crippen LogP contribution in [0.1, 0.15) is 19.3 Å². The normalized spacial score (nSPS) is 18.0. The summed E-state index contributed by atoms with van der Waals surface area (Å²) in [5.41, 5.74) is 1.51. The van der Waals surface area contributed by atoms with E-state index < -0.39 is 0 Å². The lowest BCUT2D eigenvalue weighted by Crippen LogP contribution is -2.25. The quantitative estimate of drug-likeness (QED) is 0.520. The maximum atomic E-state index is 13.1. The summed E-state index contributed by atoms with van der Waals surface area (Å²) in [4.78, 5) is 23.3. The lowest BCUT2D eigenvalue weighted by molar-refractivity contribution is 0.305. The van der Waals surface area contributed by atoms with E-state index in [4.69, 9.17) is 0 Å². The van der Waals surface area contributed by atoms with Gasteiger partial charge in [0.25, 0.3) is 5.56 Å².